The number of nitrogens with zero attached hydrogens (tertiary/aromatic N) is 2. The van der Waals surface area contributed by atoms with Crippen LogP contribution in [0.3, 0.4) is 0 Å². The lowest BCUT2D eigenvalue weighted by Gasteiger charge is -2.19. The molecule has 3 aromatic rings. The van der Waals surface area contributed by atoms with Gasteiger partial charge in [-0.05, 0) is 18.1 Å². The van der Waals surface area contributed by atoms with Crippen molar-refractivity contribution in [3.8, 4) is 0 Å². The zero-order valence-electron chi connectivity index (χ0n) is 13.9. The molecule has 0 saturated carbocycles. The SMILES string of the molecule is Cc1ccc(CC(=O)NC(c2ccccc2)c2nccn2C)cc1. The van der Waals surface area contributed by atoms with E-state index in [0.29, 0.717) is 6.42 Å². The van der Waals surface area contributed by atoms with Crippen LogP contribution in [0.2, 0.25) is 0 Å². The maximum absolute atomic E-state index is 12.5. The standard InChI is InChI=1S/C20H21N3O/c1-15-8-10-16(11-9-15)14-18(24)22-19(17-6-4-3-5-7-17)20-21-12-13-23(20)2/h3-13,19H,14H2,1-2H3,(H,22,24). The van der Waals surface area contributed by atoms with E-state index in [4.69, 9.17) is 0 Å². The number of benzene rings is 2. The fourth-order valence-corrected chi connectivity index (χ4v) is 2.70. The fraction of sp³-hybridized carbons (Fsp3) is 0.200. The Labute approximate surface area is 142 Å². The number of imidazole rings is 1. The van der Waals surface area contributed by atoms with E-state index in [0.717, 1.165) is 17.0 Å². The molecule has 3 rings (SSSR count). The van der Waals surface area contributed by atoms with Gasteiger partial charge in [0, 0.05) is 19.4 Å². The third-order valence-corrected chi connectivity index (χ3v) is 4.04. The second kappa shape index (κ2) is 7.13. The van der Waals surface area contributed by atoms with Gasteiger partial charge in [-0.2, -0.15) is 0 Å². The molecule has 4 heteroatoms. The zero-order chi connectivity index (χ0) is 16.9. The van der Waals surface area contributed by atoms with E-state index in [1.165, 1.54) is 5.56 Å². The predicted molar refractivity (Wildman–Crippen MR) is 94.5 cm³/mol. The van der Waals surface area contributed by atoms with Crippen LogP contribution >= 0.6 is 0 Å². The van der Waals surface area contributed by atoms with Crippen LogP contribution in [-0.4, -0.2) is 15.5 Å². The van der Waals surface area contributed by atoms with Crippen molar-refractivity contribution in [3.63, 3.8) is 0 Å². The molecule has 1 amide bonds. The summed E-state index contributed by atoms with van der Waals surface area (Å²) < 4.78 is 1.93. The molecule has 1 aromatic heterocycles. The maximum Gasteiger partial charge on any atom is 0.225 e. The van der Waals surface area contributed by atoms with Crippen molar-refractivity contribution in [2.45, 2.75) is 19.4 Å². The summed E-state index contributed by atoms with van der Waals surface area (Å²) in [5.74, 6) is 0.800. The number of aryl methyl sites for hydroxylation is 2. The summed E-state index contributed by atoms with van der Waals surface area (Å²) in [5, 5.41) is 3.12. The number of hydrogen-bond donors (Lipinski definition) is 1. The van der Waals surface area contributed by atoms with E-state index in [1.807, 2.05) is 79.3 Å². The molecule has 0 bridgehead atoms. The van der Waals surface area contributed by atoms with E-state index in [2.05, 4.69) is 10.3 Å². The van der Waals surface area contributed by atoms with Crippen molar-refractivity contribution in [1.82, 2.24) is 14.9 Å². The van der Waals surface area contributed by atoms with Crippen molar-refractivity contribution < 1.29 is 4.79 Å². The Morgan fingerprint density at radius 1 is 1.12 bits per heavy atom. The van der Waals surface area contributed by atoms with Crippen molar-refractivity contribution in [1.29, 1.82) is 0 Å². The van der Waals surface area contributed by atoms with Crippen molar-refractivity contribution in [2.24, 2.45) is 7.05 Å². The Bertz CT molecular complexity index is 806. The Hall–Kier alpha value is -2.88. The first kappa shape index (κ1) is 16.0. The topological polar surface area (TPSA) is 46.9 Å². The van der Waals surface area contributed by atoms with E-state index >= 15 is 0 Å². The van der Waals surface area contributed by atoms with E-state index in [-0.39, 0.29) is 11.9 Å². The van der Waals surface area contributed by atoms with Gasteiger partial charge in [-0.3, -0.25) is 4.79 Å². The molecule has 0 fully saturated rings. The molecule has 1 atom stereocenters. The minimum atomic E-state index is -0.260. The van der Waals surface area contributed by atoms with Gasteiger partial charge in [-0.1, -0.05) is 60.2 Å². The molecular formula is C20H21N3O. The van der Waals surface area contributed by atoms with Gasteiger partial charge in [0.05, 0.1) is 6.42 Å². The summed E-state index contributed by atoms with van der Waals surface area (Å²) in [6, 6.07) is 17.7. The minimum Gasteiger partial charge on any atom is -0.342 e. The first-order valence-electron chi connectivity index (χ1n) is 8.00. The Morgan fingerprint density at radius 2 is 1.83 bits per heavy atom. The van der Waals surface area contributed by atoms with Crippen molar-refractivity contribution in [3.05, 3.63) is 89.5 Å². The number of aromatic nitrogens is 2. The summed E-state index contributed by atoms with van der Waals surface area (Å²) >= 11 is 0. The van der Waals surface area contributed by atoms with Gasteiger partial charge < -0.3 is 9.88 Å². The maximum atomic E-state index is 12.5. The summed E-state index contributed by atoms with van der Waals surface area (Å²) in [7, 11) is 1.93. The normalized spacial score (nSPS) is 11.9. The largest absolute Gasteiger partial charge is 0.342 e. The lowest BCUT2D eigenvalue weighted by molar-refractivity contribution is -0.121. The van der Waals surface area contributed by atoms with Gasteiger partial charge in [0.25, 0.3) is 0 Å². The molecule has 0 saturated heterocycles. The van der Waals surface area contributed by atoms with E-state index in [9.17, 15) is 4.79 Å². The second-order valence-corrected chi connectivity index (χ2v) is 5.97. The lowest BCUT2D eigenvalue weighted by atomic mass is 10.0. The van der Waals surface area contributed by atoms with Crippen LogP contribution < -0.4 is 5.32 Å². The number of amides is 1. The summed E-state index contributed by atoms with van der Waals surface area (Å²) in [6.45, 7) is 2.04. The van der Waals surface area contributed by atoms with Crippen molar-refractivity contribution in [2.75, 3.05) is 0 Å². The molecule has 0 aliphatic heterocycles. The van der Waals surface area contributed by atoms with Gasteiger partial charge in [0.15, 0.2) is 0 Å². The average molecular weight is 319 g/mol. The predicted octanol–water partition coefficient (Wildman–Crippen LogP) is 3.18. The summed E-state index contributed by atoms with van der Waals surface area (Å²) in [5.41, 5.74) is 3.21. The Balaban J connectivity index is 1.80. The lowest BCUT2D eigenvalue weighted by Crippen LogP contribution is -2.32. The van der Waals surface area contributed by atoms with Crippen molar-refractivity contribution >= 4 is 5.91 Å². The molecule has 1 N–H and O–H groups in total. The van der Waals surface area contributed by atoms with Crippen LogP contribution in [-0.2, 0) is 18.3 Å². The molecule has 0 aliphatic rings. The van der Waals surface area contributed by atoms with Crippen LogP contribution in [0.4, 0.5) is 0 Å². The third-order valence-electron chi connectivity index (χ3n) is 4.04. The molecular weight excluding hydrogens is 298 g/mol. The molecule has 24 heavy (non-hydrogen) atoms. The highest BCUT2D eigenvalue weighted by molar-refractivity contribution is 5.79. The van der Waals surface area contributed by atoms with Gasteiger partial charge in [0.1, 0.15) is 11.9 Å². The Morgan fingerprint density at radius 3 is 2.46 bits per heavy atom. The van der Waals surface area contributed by atoms with Gasteiger partial charge in [0.2, 0.25) is 5.91 Å². The number of hydrogen-bond acceptors (Lipinski definition) is 2. The quantitative estimate of drug-likeness (QED) is 0.785. The molecule has 0 aliphatic carbocycles. The molecule has 4 nitrogen and oxygen atoms in total. The summed E-state index contributed by atoms with van der Waals surface area (Å²) in [6.07, 6.45) is 3.99. The fourth-order valence-electron chi connectivity index (χ4n) is 2.70. The molecule has 0 radical (unpaired) electrons. The van der Waals surface area contributed by atoms with Crippen LogP contribution in [0.1, 0.15) is 28.6 Å². The van der Waals surface area contributed by atoms with Gasteiger partial charge >= 0.3 is 0 Å². The van der Waals surface area contributed by atoms with Gasteiger partial charge in [-0.25, -0.2) is 4.98 Å². The molecule has 122 valence electrons. The first-order valence-corrected chi connectivity index (χ1v) is 8.00. The average Bonchev–Trinajstić information content (AvgIpc) is 3.01. The number of carbonyl (C=O) groups is 1. The first-order chi connectivity index (χ1) is 11.6. The van der Waals surface area contributed by atoms with Crippen LogP contribution in [0, 0.1) is 6.92 Å². The number of nitrogens with one attached hydrogen (secondary N) is 1. The van der Waals surface area contributed by atoms with Crippen LogP contribution in [0.25, 0.3) is 0 Å². The highest BCUT2D eigenvalue weighted by atomic mass is 16.1. The van der Waals surface area contributed by atoms with E-state index < -0.39 is 0 Å². The Kier molecular flexibility index (Phi) is 4.75. The highest BCUT2D eigenvalue weighted by Crippen LogP contribution is 2.20. The van der Waals surface area contributed by atoms with Gasteiger partial charge in [-0.15, -0.1) is 0 Å². The zero-order valence-corrected chi connectivity index (χ0v) is 13.9. The molecule has 2 aromatic carbocycles. The minimum absolute atomic E-state index is 0.0179. The monoisotopic (exact) mass is 319 g/mol. The summed E-state index contributed by atoms with van der Waals surface area (Å²) in [4.78, 5) is 17.0. The van der Waals surface area contributed by atoms with E-state index in [1.54, 1.807) is 6.20 Å². The smallest absolute Gasteiger partial charge is 0.225 e. The number of carbonyl (C=O) groups excluding carboxylic acids is 1. The molecule has 0 spiro atoms. The third kappa shape index (κ3) is 3.71. The van der Waals surface area contributed by atoms with Crippen LogP contribution in [0.15, 0.2) is 67.0 Å². The second-order valence-electron chi connectivity index (χ2n) is 5.97. The van der Waals surface area contributed by atoms with Crippen LogP contribution in [0.5, 0.6) is 0 Å². The number of rotatable bonds is 5. The molecule has 1 unspecified atom stereocenters. The highest BCUT2D eigenvalue weighted by Gasteiger charge is 2.20. The molecule has 1 heterocycles.